The number of nitrogens with two attached hydrogens (primary N) is 1. The summed E-state index contributed by atoms with van der Waals surface area (Å²) in [5.74, 6) is 0. The number of anilines is 1. The van der Waals surface area contributed by atoms with Crippen LogP contribution in [0.15, 0.2) is 29.2 Å². The van der Waals surface area contributed by atoms with E-state index in [9.17, 15) is 8.42 Å². The summed E-state index contributed by atoms with van der Waals surface area (Å²) in [4.78, 5) is -0.0121. The predicted octanol–water partition coefficient (Wildman–Crippen LogP) is -0.756. The van der Waals surface area contributed by atoms with Crippen LogP contribution in [0.5, 0.6) is 0 Å². The molecule has 0 amide bonds. The van der Waals surface area contributed by atoms with Gasteiger partial charge < -0.3 is 15.9 Å². The molecule has 4 N–H and O–H groups in total. The highest BCUT2D eigenvalue weighted by Gasteiger charge is 2.25. The summed E-state index contributed by atoms with van der Waals surface area (Å²) in [6.07, 6.45) is 0. The standard InChI is InChI=1S/C10H16N2O4S/c11-9-3-1-2-4-10(9)17(15,16)12(5-7-13)6-8-14/h1-4,13-14H,5-8,11H2. The van der Waals surface area contributed by atoms with Crippen LogP contribution in [0.3, 0.4) is 0 Å². The molecule has 0 unspecified atom stereocenters. The molecular formula is C10H16N2O4S. The Bertz CT molecular complexity index is 455. The minimum absolute atomic E-state index is 0.0121. The molecule has 1 rings (SSSR count). The number of hydrogen-bond acceptors (Lipinski definition) is 5. The molecule has 0 atom stereocenters. The van der Waals surface area contributed by atoms with Crippen LogP contribution >= 0.6 is 0 Å². The third-order valence-electron chi connectivity index (χ3n) is 2.24. The summed E-state index contributed by atoms with van der Waals surface area (Å²) in [5.41, 5.74) is 5.75. The topological polar surface area (TPSA) is 104 Å². The van der Waals surface area contributed by atoms with Crippen molar-refractivity contribution in [3.63, 3.8) is 0 Å². The van der Waals surface area contributed by atoms with E-state index in [-0.39, 0.29) is 36.9 Å². The molecule has 0 fully saturated rings. The van der Waals surface area contributed by atoms with Crippen LogP contribution in [0.1, 0.15) is 0 Å². The maximum absolute atomic E-state index is 12.2. The van der Waals surface area contributed by atoms with E-state index >= 15 is 0 Å². The molecule has 17 heavy (non-hydrogen) atoms. The van der Waals surface area contributed by atoms with E-state index in [1.165, 1.54) is 12.1 Å². The Kier molecular flexibility index (Phi) is 4.88. The third kappa shape index (κ3) is 3.16. The smallest absolute Gasteiger partial charge is 0.245 e. The van der Waals surface area contributed by atoms with Crippen molar-refractivity contribution in [3.05, 3.63) is 24.3 Å². The number of nitrogen functional groups attached to an aromatic ring is 1. The van der Waals surface area contributed by atoms with Crippen LogP contribution in [0.25, 0.3) is 0 Å². The van der Waals surface area contributed by atoms with Gasteiger partial charge in [0.2, 0.25) is 10.0 Å². The van der Waals surface area contributed by atoms with Crippen LogP contribution in [0.2, 0.25) is 0 Å². The monoisotopic (exact) mass is 260 g/mol. The molecule has 0 aliphatic rings. The van der Waals surface area contributed by atoms with Crippen molar-refractivity contribution in [2.24, 2.45) is 0 Å². The number of sulfonamides is 1. The van der Waals surface area contributed by atoms with E-state index in [2.05, 4.69) is 0 Å². The molecule has 1 aromatic rings. The van der Waals surface area contributed by atoms with Gasteiger partial charge >= 0.3 is 0 Å². The van der Waals surface area contributed by atoms with E-state index in [1.807, 2.05) is 0 Å². The quantitative estimate of drug-likeness (QED) is 0.583. The Morgan fingerprint density at radius 3 is 2.12 bits per heavy atom. The summed E-state index contributed by atoms with van der Waals surface area (Å²) in [7, 11) is -3.77. The zero-order chi connectivity index (χ0) is 12.9. The van der Waals surface area contributed by atoms with Gasteiger partial charge in [-0.2, -0.15) is 4.31 Å². The van der Waals surface area contributed by atoms with Gasteiger partial charge in [0.1, 0.15) is 4.90 Å². The molecule has 0 bridgehead atoms. The highest BCUT2D eigenvalue weighted by molar-refractivity contribution is 7.89. The molecule has 7 heteroatoms. The number of aliphatic hydroxyl groups is 2. The molecular weight excluding hydrogens is 244 g/mol. The second-order valence-corrected chi connectivity index (χ2v) is 5.30. The van der Waals surface area contributed by atoms with Gasteiger partial charge in [0, 0.05) is 13.1 Å². The molecule has 0 aliphatic heterocycles. The first-order valence-corrected chi connectivity index (χ1v) is 6.54. The lowest BCUT2D eigenvalue weighted by molar-refractivity contribution is 0.217. The van der Waals surface area contributed by atoms with Crippen molar-refractivity contribution in [2.45, 2.75) is 4.90 Å². The molecule has 0 aromatic heterocycles. The fourth-order valence-electron chi connectivity index (χ4n) is 1.43. The number of aliphatic hydroxyl groups excluding tert-OH is 2. The molecule has 0 heterocycles. The maximum atomic E-state index is 12.2. The Morgan fingerprint density at radius 2 is 1.65 bits per heavy atom. The van der Waals surface area contributed by atoms with Gasteiger partial charge in [0.15, 0.2) is 0 Å². The van der Waals surface area contributed by atoms with Crippen molar-refractivity contribution in [1.82, 2.24) is 4.31 Å². The van der Waals surface area contributed by atoms with Crippen LogP contribution in [0, 0.1) is 0 Å². The van der Waals surface area contributed by atoms with E-state index in [4.69, 9.17) is 15.9 Å². The van der Waals surface area contributed by atoms with Crippen LogP contribution < -0.4 is 5.73 Å². The Morgan fingerprint density at radius 1 is 1.12 bits per heavy atom. The van der Waals surface area contributed by atoms with Gasteiger partial charge in [0.05, 0.1) is 18.9 Å². The van der Waals surface area contributed by atoms with Crippen molar-refractivity contribution in [3.8, 4) is 0 Å². The van der Waals surface area contributed by atoms with Gasteiger partial charge in [-0.25, -0.2) is 8.42 Å². The van der Waals surface area contributed by atoms with E-state index in [0.717, 1.165) is 4.31 Å². The Hall–Kier alpha value is -1.15. The summed E-state index contributed by atoms with van der Waals surface area (Å²) in [6, 6.07) is 6.09. The zero-order valence-corrected chi connectivity index (χ0v) is 10.1. The number of para-hydroxylation sites is 1. The van der Waals surface area contributed by atoms with E-state index in [1.54, 1.807) is 12.1 Å². The normalized spacial score (nSPS) is 11.9. The lowest BCUT2D eigenvalue weighted by Gasteiger charge is -2.20. The highest BCUT2D eigenvalue weighted by atomic mass is 32.2. The van der Waals surface area contributed by atoms with Gasteiger partial charge in [-0.05, 0) is 12.1 Å². The average Bonchev–Trinajstić information content (AvgIpc) is 2.29. The van der Waals surface area contributed by atoms with Gasteiger partial charge in [-0.15, -0.1) is 0 Å². The van der Waals surface area contributed by atoms with Gasteiger partial charge in [-0.1, -0.05) is 12.1 Å². The Balaban J connectivity index is 3.12. The number of nitrogens with zero attached hydrogens (tertiary/aromatic N) is 1. The minimum atomic E-state index is -3.77. The van der Waals surface area contributed by atoms with Crippen LogP contribution in [-0.2, 0) is 10.0 Å². The van der Waals surface area contributed by atoms with E-state index in [0.29, 0.717) is 0 Å². The first-order valence-electron chi connectivity index (χ1n) is 5.10. The molecule has 96 valence electrons. The van der Waals surface area contributed by atoms with Crippen molar-refractivity contribution < 1.29 is 18.6 Å². The molecule has 0 aliphatic carbocycles. The average molecular weight is 260 g/mol. The lowest BCUT2D eigenvalue weighted by atomic mass is 10.3. The van der Waals surface area contributed by atoms with Crippen molar-refractivity contribution >= 4 is 15.7 Å². The molecule has 0 spiro atoms. The number of benzene rings is 1. The van der Waals surface area contributed by atoms with Gasteiger partial charge in [-0.3, -0.25) is 0 Å². The number of rotatable bonds is 6. The lowest BCUT2D eigenvalue weighted by Crippen LogP contribution is -2.36. The summed E-state index contributed by atoms with van der Waals surface area (Å²) >= 11 is 0. The molecule has 0 saturated carbocycles. The van der Waals surface area contributed by atoms with E-state index < -0.39 is 10.0 Å². The second-order valence-electron chi connectivity index (χ2n) is 3.39. The molecule has 6 nitrogen and oxygen atoms in total. The minimum Gasteiger partial charge on any atom is -0.398 e. The van der Waals surface area contributed by atoms with Gasteiger partial charge in [0.25, 0.3) is 0 Å². The SMILES string of the molecule is Nc1ccccc1S(=O)(=O)N(CCO)CCO. The third-order valence-corrected chi connectivity index (χ3v) is 4.21. The Labute approximate surface area is 100 Å². The first-order chi connectivity index (χ1) is 8.04. The van der Waals surface area contributed by atoms with Crippen LogP contribution in [0.4, 0.5) is 5.69 Å². The second kappa shape index (κ2) is 5.97. The molecule has 0 radical (unpaired) electrons. The molecule has 0 saturated heterocycles. The fourth-order valence-corrected chi connectivity index (χ4v) is 2.97. The van der Waals surface area contributed by atoms with Crippen LogP contribution in [-0.4, -0.2) is 49.2 Å². The zero-order valence-electron chi connectivity index (χ0n) is 9.28. The maximum Gasteiger partial charge on any atom is 0.245 e. The van der Waals surface area contributed by atoms with Crippen molar-refractivity contribution in [2.75, 3.05) is 32.0 Å². The molecule has 1 aromatic carbocycles. The summed E-state index contributed by atoms with van der Waals surface area (Å²) in [5, 5.41) is 17.6. The largest absolute Gasteiger partial charge is 0.398 e. The predicted molar refractivity (Wildman–Crippen MR) is 63.8 cm³/mol. The van der Waals surface area contributed by atoms with Crippen molar-refractivity contribution in [1.29, 1.82) is 0 Å². The highest BCUT2D eigenvalue weighted by Crippen LogP contribution is 2.21. The summed E-state index contributed by atoms with van der Waals surface area (Å²) < 4.78 is 25.3. The fraction of sp³-hybridized carbons (Fsp3) is 0.400. The summed E-state index contributed by atoms with van der Waals surface area (Å²) in [6.45, 7) is -0.771. The number of hydrogen-bond donors (Lipinski definition) is 3. The first kappa shape index (κ1) is 13.9.